The Morgan fingerprint density at radius 3 is 2.28 bits per heavy atom. The normalized spacial score (nSPS) is 24.0. The molecule has 2 rings (SSSR count). The Morgan fingerprint density at radius 1 is 1.22 bits per heavy atom. The molecular formula is C13H17NO4. The summed E-state index contributed by atoms with van der Waals surface area (Å²) in [6.07, 6.45) is 3.07. The van der Waals surface area contributed by atoms with E-state index in [1.54, 1.807) is 4.90 Å². The van der Waals surface area contributed by atoms with Gasteiger partial charge in [-0.2, -0.15) is 0 Å². The van der Waals surface area contributed by atoms with Crippen LogP contribution < -0.4 is 0 Å². The summed E-state index contributed by atoms with van der Waals surface area (Å²) in [5, 5.41) is 8.78. The predicted molar refractivity (Wildman–Crippen MR) is 64.6 cm³/mol. The lowest BCUT2D eigenvalue weighted by Gasteiger charge is -2.38. The minimum absolute atomic E-state index is 0.105. The van der Waals surface area contributed by atoms with Crippen LogP contribution in [0.2, 0.25) is 0 Å². The van der Waals surface area contributed by atoms with Crippen molar-refractivity contribution in [2.45, 2.75) is 45.2 Å². The standard InChI is InChI=1S/C13H17NO4/c1-8-4-3-5-9(2)14(8)12(15)10-6-7-11(18-10)13(16)17/h6-9H,3-5H2,1-2H3,(H,16,17). The molecule has 2 unspecified atom stereocenters. The first-order chi connectivity index (χ1) is 8.50. The highest BCUT2D eigenvalue weighted by atomic mass is 16.4. The number of hydrogen-bond acceptors (Lipinski definition) is 3. The van der Waals surface area contributed by atoms with Crippen molar-refractivity contribution in [1.29, 1.82) is 0 Å². The first-order valence-corrected chi connectivity index (χ1v) is 6.16. The summed E-state index contributed by atoms with van der Waals surface area (Å²) in [4.78, 5) is 24.8. The van der Waals surface area contributed by atoms with Gasteiger partial charge >= 0.3 is 5.97 Å². The van der Waals surface area contributed by atoms with Crippen LogP contribution in [0.3, 0.4) is 0 Å². The quantitative estimate of drug-likeness (QED) is 0.876. The molecule has 1 fully saturated rings. The van der Waals surface area contributed by atoms with Crippen molar-refractivity contribution in [3.63, 3.8) is 0 Å². The van der Waals surface area contributed by atoms with Gasteiger partial charge in [-0.05, 0) is 45.2 Å². The summed E-state index contributed by atoms with van der Waals surface area (Å²) in [6, 6.07) is 3.08. The van der Waals surface area contributed by atoms with E-state index in [9.17, 15) is 9.59 Å². The summed E-state index contributed by atoms with van der Waals surface area (Å²) in [5.74, 6) is -1.47. The molecule has 2 heterocycles. The van der Waals surface area contributed by atoms with E-state index in [0.717, 1.165) is 19.3 Å². The van der Waals surface area contributed by atoms with Crippen LogP contribution in [0.5, 0.6) is 0 Å². The van der Waals surface area contributed by atoms with E-state index in [-0.39, 0.29) is 29.5 Å². The number of amides is 1. The lowest BCUT2D eigenvalue weighted by molar-refractivity contribution is 0.0473. The lowest BCUT2D eigenvalue weighted by Crippen LogP contribution is -2.47. The Balaban J connectivity index is 2.21. The van der Waals surface area contributed by atoms with Crippen molar-refractivity contribution in [3.8, 4) is 0 Å². The van der Waals surface area contributed by atoms with Crippen molar-refractivity contribution in [3.05, 3.63) is 23.7 Å². The van der Waals surface area contributed by atoms with E-state index >= 15 is 0 Å². The van der Waals surface area contributed by atoms with E-state index in [1.807, 2.05) is 13.8 Å². The number of rotatable bonds is 2. The number of furan rings is 1. The second kappa shape index (κ2) is 4.84. The van der Waals surface area contributed by atoms with Gasteiger partial charge in [0.2, 0.25) is 5.76 Å². The Bertz CT molecular complexity index is 455. The van der Waals surface area contributed by atoms with Crippen molar-refractivity contribution in [2.24, 2.45) is 0 Å². The van der Waals surface area contributed by atoms with Crippen molar-refractivity contribution in [1.82, 2.24) is 4.90 Å². The minimum atomic E-state index is -1.16. The van der Waals surface area contributed by atoms with Crippen LogP contribution in [0.4, 0.5) is 0 Å². The lowest BCUT2D eigenvalue weighted by atomic mass is 9.97. The molecule has 1 saturated heterocycles. The molecule has 1 amide bonds. The highest BCUT2D eigenvalue weighted by Crippen LogP contribution is 2.25. The zero-order valence-electron chi connectivity index (χ0n) is 10.5. The number of carboxylic acids is 1. The fraction of sp³-hybridized carbons (Fsp3) is 0.538. The number of hydrogen-bond donors (Lipinski definition) is 1. The fourth-order valence-corrected chi connectivity index (χ4v) is 2.52. The van der Waals surface area contributed by atoms with Crippen molar-refractivity contribution in [2.75, 3.05) is 0 Å². The maximum Gasteiger partial charge on any atom is 0.371 e. The molecule has 0 bridgehead atoms. The van der Waals surface area contributed by atoms with E-state index in [4.69, 9.17) is 9.52 Å². The molecule has 0 spiro atoms. The molecule has 1 aromatic rings. The summed E-state index contributed by atoms with van der Waals surface area (Å²) < 4.78 is 5.07. The number of aromatic carboxylic acids is 1. The van der Waals surface area contributed by atoms with Crippen molar-refractivity contribution < 1.29 is 19.1 Å². The van der Waals surface area contributed by atoms with Gasteiger partial charge in [-0.3, -0.25) is 4.79 Å². The predicted octanol–water partition coefficient (Wildman–Crippen LogP) is 2.38. The van der Waals surface area contributed by atoms with Crippen LogP contribution in [0, 0.1) is 0 Å². The number of piperidine rings is 1. The molecule has 0 saturated carbocycles. The first kappa shape index (κ1) is 12.7. The third-order valence-electron chi connectivity index (χ3n) is 3.46. The number of carbonyl (C=O) groups is 2. The molecule has 1 aliphatic heterocycles. The molecule has 5 heteroatoms. The zero-order valence-corrected chi connectivity index (χ0v) is 10.5. The second-order valence-electron chi connectivity index (χ2n) is 4.81. The maximum absolute atomic E-state index is 12.3. The van der Waals surface area contributed by atoms with Gasteiger partial charge in [-0.25, -0.2) is 4.79 Å². The molecule has 1 aromatic heterocycles. The van der Waals surface area contributed by atoms with E-state index in [0.29, 0.717) is 0 Å². The molecule has 1 aliphatic rings. The van der Waals surface area contributed by atoms with Gasteiger partial charge in [0.25, 0.3) is 5.91 Å². The van der Waals surface area contributed by atoms with Gasteiger partial charge < -0.3 is 14.4 Å². The number of carboxylic acid groups (broad SMARTS) is 1. The summed E-state index contributed by atoms with van der Waals surface area (Å²) in [7, 11) is 0. The summed E-state index contributed by atoms with van der Waals surface area (Å²) >= 11 is 0. The molecule has 2 atom stereocenters. The van der Waals surface area contributed by atoms with Gasteiger partial charge in [0.15, 0.2) is 5.76 Å². The van der Waals surface area contributed by atoms with Crippen LogP contribution in [-0.4, -0.2) is 34.0 Å². The molecule has 0 aromatic carbocycles. The van der Waals surface area contributed by atoms with Gasteiger partial charge in [0.05, 0.1) is 0 Å². The van der Waals surface area contributed by atoms with Crippen LogP contribution >= 0.6 is 0 Å². The molecule has 0 radical (unpaired) electrons. The highest BCUT2D eigenvalue weighted by molar-refractivity contribution is 5.94. The SMILES string of the molecule is CC1CCCC(C)N1C(=O)c1ccc(C(=O)O)o1. The summed E-state index contributed by atoms with van der Waals surface area (Å²) in [6.45, 7) is 4.02. The van der Waals surface area contributed by atoms with Gasteiger partial charge in [-0.15, -0.1) is 0 Å². The topological polar surface area (TPSA) is 70.8 Å². The molecule has 5 nitrogen and oxygen atoms in total. The molecule has 0 aliphatic carbocycles. The average Bonchev–Trinajstić information content (AvgIpc) is 2.77. The maximum atomic E-state index is 12.3. The molecule has 98 valence electrons. The van der Waals surface area contributed by atoms with Crippen molar-refractivity contribution >= 4 is 11.9 Å². The highest BCUT2D eigenvalue weighted by Gasteiger charge is 2.31. The molecule has 1 N–H and O–H groups in total. The average molecular weight is 251 g/mol. The number of likely N-dealkylation sites (tertiary alicyclic amines) is 1. The van der Waals surface area contributed by atoms with Crippen LogP contribution in [-0.2, 0) is 0 Å². The molecule has 18 heavy (non-hydrogen) atoms. The smallest absolute Gasteiger partial charge is 0.371 e. The van der Waals surface area contributed by atoms with E-state index in [2.05, 4.69) is 0 Å². The summed E-state index contributed by atoms with van der Waals surface area (Å²) in [5.41, 5.74) is 0. The Morgan fingerprint density at radius 2 is 1.78 bits per heavy atom. The number of carbonyl (C=O) groups excluding carboxylic acids is 1. The van der Waals surface area contributed by atoms with E-state index < -0.39 is 5.97 Å². The first-order valence-electron chi connectivity index (χ1n) is 6.16. The second-order valence-corrected chi connectivity index (χ2v) is 4.81. The molecular weight excluding hydrogens is 234 g/mol. The van der Waals surface area contributed by atoms with Gasteiger partial charge in [0, 0.05) is 12.1 Å². The zero-order chi connectivity index (χ0) is 13.3. The van der Waals surface area contributed by atoms with Gasteiger partial charge in [0.1, 0.15) is 0 Å². The third-order valence-corrected chi connectivity index (χ3v) is 3.46. The van der Waals surface area contributed by atoms with Gasteiger partial charge in [-0.1, -0.05) is 0 Å². The van der Waals surface area contributed by atoms with Crippen LogP contribution in [0.25, 0.3) is 0 Å². The largest absolute Gasteiger partial charge is 0.475 e. The Labute approximate surface area is 105 Å². The Kier molecular flexibility index (Phi) is 3.41. The monoisotopic (exact) mass is 251 g/mol. The minimum Gasteiger partial charge on any atom is -0.475 e. The van der Waals surface area contributed by atoms with E-state index in [1.165, 1.54) is 12.1 Å². The Hall–Kier alpha value is -1.78. The third kappa shape index (κ3) is 2.25. The number of nitrogens with zero attached hydrogens (tertiary/aromatic N) is 1. The fourth-order valence-electron chi connectivity index (χ4n) is 2.52. The van der Waals surface area contributed by atoms with Crippen LogP contribution in [0.1, 0.15) is 54.2 Å². The van der Waals surface area contributed by atoms with Crippen LogP contribution in [0.15, 0.2) is 16.5 Å².